The summed E-state index contributed by atoms with van der Waals surface area (Å²) < 4.78 is 6.36. The van der Waals surface area contributed by atoms with Gasteiger partial charge in [-0.15, -0.1) is 5.10 Å². The van der Waals surface area contributed by atoms with Gasteiger partial charge < -0.3 is 10.4 Å². The Labute approximate surface area is 154 Å². The number of aliphatic hydroxyl groups is 1. The average molecular weight is 372 g/mol. The molecule has 0 spiro atoms. The predicted octanol–water partition coefficient (Wildman–Crippen LogP) is 1.19. The molecule has 0 bridgehead atoms. The van der Waals surface area contributed by atoms with E-state index in [1.165, 1.54) is 0 Å². The second-order valence-electron chi connectivity index (χ2n) is 5.83. The highest BCUT2D eigenvalue weighted by molar-refractivity contribution is 6.01. The zero-order valence-corrected chi connectivity index (χ0v) is 14.9. The summed E-state index contributed by atoms with van der Waals surface area (Å²) in [5.41, 5.74) is 4.39. The molecule has 0 aliphatic heterocycles. The van der Waals surface area contributed by atoms with E-state index in [1.54, 1.807) is 17.8 Å². The minimum absolute atomic E-state index is 0.102. The van der Waals surface area contributed by atoms with Crippen molar-refractivity contribution in [1.29, 1.82) is 0 Å². The maximum absolute atomic E-state index is 9.47. The van der Waals surface area contributed by atoms with Gasteiger partial charge in [0.1, 0.15) is 5.69 Å². The standard InChI is InChI=1S/C16H20N8O3/c1-10-5-3-4-6-12(10)18-16(20-26)14-15(22-27-21-14)17-7-8-24-9-13(11(2)25)19-23-24/h3-6,9,11,25-26H,7-8H2,1-2H3,(H,17,22)(H,18,20). The van der Waals surface area contributed by atoms with Crippen molar-refractivity contribution in [2.75, 3.05) is 11.9 Å². The average Bonchev–Trinajstić information content (AvgIpc) is 3.31. The lowest BCUT2D eigenvalue weighted by molar-refractivity contribution is 0.194. The van der Waals surface area contributed by atoms with Crippen molar-refractivity contribution in [3.63, 3.8) is 0 Å². The Kier molecular flexibility index (Phi) is 5.74. The van der Waals surface area contributed by atoms with E-state index >= 15 is 0 Å². The van der Waals surface area contributed by atoms with Crippen LogP contribution in [0.15, 0.2) is 40.1 Å². The van der Waals surface area contributed by atoms with Gasteiger partial charge >= 0.3 is 0 Å². The Morgan fingerprint density at radius 3 is 2.85 bits per heavy atom. The molecular weight excluding hydrogens is 352 g/mol. The number of benzene rings is 1. The van der Waals surface area contributed by atoms with Gasteiger partial charge in [0, 0.05) is 6.54 Å². The molecule has 0 aliphatic carbocycles. The van der Waals surface area contributed by atoms with Crippen LogP contribution < -0.4 is 10.8 Å². The molecule has 2 heterocycles. The van der Waals surface area contributed by atoms with Crippen LogP contribution in [-0.4, -0.2) is 48.0 Å². The number of para-hydroxylation sites is 1. The Morgan fingerprint density at radius 2 is 2.15 bits per heavy atom. The molecular formula is C16H20N8O3. The van der Waals surface area contributed by atoms with Gasteiger partial charge in [-0.1, -0.05) is 23.4 Å². The van der Waals surface area contributed by atoms with Crippen LogP contribution >= 0.6 is 0 Å². The van der Waals surface area contributed by atoms with E-state index in [9.17, 15) is 10.3 Å². The molecule has 4 N–H and O–H groups in total. The molecule has 3 aromatic rings. The number of amidine groups is 1. The SMILES string of the molecule is Cc1ccccc1N=C(NO)c1nonc1NCCn1cc(C(C)O)nn1. The van der Waals surface area contributed by atoms with Crippen LogP contribution in [0.2, 0.25) is 0 Å². The summed E-state index contributed by atoms with van der Waals surface area (Å²) in [6.07, 6.45) is 0.989. The monoisotopic (exact) mass is 372 g/mol. The number of anilines is 1. The van der Waals surface area contributed by atoms with Crippen molar-refractivity contribution >= 4 is 17.3 Å². The van der Waals surface area contributed by atoms with Gasteiger partial charge in [-0.25, -0.2) is 9.62 Å². The Balaban J connectivity index is 1.70. The number of aliphatic hydroxyl groups excluding tert-OH is 1. The molecule has 11 heteroatoms. The summed E-state index contributed by atoms with van der Waals surface area (Å²) in [4.78, 5) is 4.37. The number of rotatable bonds is 7. The van der Waals surface area contributed by atoms with Gasteiger partial charge in [0.2, 0.25) is 5.82 Å². The van der Waals surface area contributed by atoms with Crippen molar-refractivity contribution in [2.24, 2.45) is 4.99 Å². The summed E-state index contributed by atoms with van der Waals surface area (Å²) in [6.45, 7) is 4.44. The summed E-state index contributed by atoms with van der Waals surface area (Å²) in [5, 5.41) is 37.4. The third-order valence-electron chi connectivity index (χ3n) is 3.78. The Hall–Kier alpha value is -3.31. The van der Waals surface area contributed by atoms with E-state index in [2.05, 4.69) is 30.9 Å². The highest BCUT2D eigenvalue weighted by atomic mass is 16.6. The van der Waals surface area contributed by atoms with Crippen LogP contribution in [0.1, 0.15) is 30.0 Å². The van der Waals surface area contributed by atoms with Crippen LogP contribution in [0.4, 0.5) is 11.5 Å². The van der Waals surface area contributed by atoms with Gasteiger partial charge in [-0.3, -0.25) is 15.4 Å². The van der Waals surface area contributed by atoms with Crippen molar-refractivity contribution in [3.8, 4) is 0 Å². The van der Waals surface area contributed by atoms with Crippen LogP contribution in [0, 0.1) is 6.92 Å². The largest absolute Gasteiger partial charge is 0.387 e. The molecule has 11 nitrogen and oxygen atoms in total. The van der Waals surface area contributed by atoms with E-state index in [-0.39, 0.29) is 11.5 Å². The lowest BCUT2D eigenvalue weighted by Crippen LogP contribution is -2.22. The molecule has 27 heavy (non-hydrogen) atoms. The maximum Gasteiger partial charge on any atom is 0.202 e. The highest BCUT2D eigenvalue weighted by Gasteiger charge is 2.17. The Bertz CT molecular complexity index is 918. The molecule has 1 aromatic carbocycles. The second kappa shape index (κ2) is 8.38. The minimum atomic E-state index is -0.672. The number of nitrogens with zero attached hydrogens (tertiary/aromatic N) is 6. The van der Waals surface area contributed by atoms with Crippen LogP contribution in [0.25, 0.3) is 0 Å². The van der Waals surface area contributed by atoms with Gasteiger partial charge in [-0.2, -0.15) is 0 Å². The fourth-order valence-electron chi connectivity index (χ4n) is 2.30. The zero-order valence-electron chi connectivity index (χ0n) is 14.9. The van der Waals surface area contributed by atoms with Crippen molar-refractivity contribution in [3.05, 3.63) is 47.4 Å². The van der Waals surface area contributed by atoms with E-state index in [4.69, 9.17) is 4.63 Å². The lowest BCUT2D eigenvalue weighted by Gasteiger charge is -2.06. The molecule has 0 saturated carbocycles. The quantitative estimate of drug-likeness (QED) is 0.273. The first-order chi connectivity index (χ1) is 13.1. The first kappa shape index (κ1) is 18.5. The number of aromatic nitrogens is 5. The number of hydrogen-bond acceptors (Lipinski definition) is 9. The van der Waals surface area contributed by atoms with Gasteiger partial charge in [-0.05, 0) is 35.8 Å². The molecule has 0 aliphatic rings. The van der Waals surface area contributed by atoms with Crippen molar-refractivity contribution in [2.45, 2.75) is 26.5 Å². The summed E-state index contributed by atoms with van der Waals surface area (Å²) in [7, 11) is 0. The zero-order chi connectivity index (χ0) is 19.2. The molecule has 0 radical (unpaired) electrons. The van der Waals surface area contributed by atoms with Crippen LogP contribution in [-0.2, 0) is 6.54 Å². The van der Waals surface area contributed by atoms with Crippen LogP contribution in [0.3, 0.4) is 0 Å². The highest BCUT2D eigenvalue weighted by Crippen LogP contribution is 2.19. The normalized spacial score (nSPS) is 12.8. The minimum Gasteiger partial charge on any atom is -0.387 e. The van der Waals surface area contributed by atoms with E-state index < -0.39 is 6.10 Å². The third-order valence-corrected chi connectivity index (χ3v) is 3.78. The van der Waals surface area contributed by atoms with E-state index in [1.807, 2.05) is 36.7 Å². The van der Waals surface area contributed by atoms with Gasteiger partial charge in [0.05, 0.1) is 24.5 Å². The number of hydrogen-bond donors (Lipinski definition) is 4. The summed E-state index contributed by atoms with van der Waals surface area (Å²) >= 11 is 0. The maximum atomic E-state index is 9.47. The first-order valence-electron chi connectivity index (χ1n) is 8.28. The van der Waals surface area contributed by atoms with Crippen molar-refractivity contribution in [1.82, 2.24) is 30.8 Å². The smallest absolute Gasteiger partial charge is 0.202 e. The topological polar surface area (TPSA) is 147 Å². The number of aliphatic imine (C=N–C) groups is 1. The molecule has 0 saturated heterocycles. The third kappa shape index (κ3) is 4.46. The lowest BCUT2D eigenvalue weighted by atomic mass is 10.2. The molecule has 3 rings (SSSR count). The first-order valence-corrected chi connectivity index (χ1v) is 8.28. The molecule has 0 amide bonds. The second-order valence-corrected chi connectivity index (χ2v) is 5.83. The predicted molar refractivity (Wildman–Crippen MR) is 95.7 cm³/mol. The number of nitrogens with one attached hydrogen (secondary N) is 2. The molecule has 2 aromatic heterocycles. The molecule has 0 fully saturated rings. The number of hydroxylamine groups is 1. The van der Waals surface area contributed by atoms with Crippen molar-refractivity contribution < 1.29 is 14.9 Å². The number of aryl methyl sites for hydroxylation is 1. The van der Waals surface area contributed by atoms with E-state index in [0.717, 1.165) is 5.56 Å². The van der Waals surface area contributed by atoms with Gasteiger partial charge in [0.15, 0.2) is 11.5 Å². The molecule has 1 unspecified atom stereocenters. The summed E-state index contributed by atoms with van der Waals surface area (Å²) in [6, 6.07) is 7.48. The van der Waals surface area contributed by atoms with E-state index in [0.29, 0.717) is 30.3 Å². The fraction of sp³-hybridized carbons (Fsp3) is 0.312. The fourth-order valence-corrected chi connectivity index (χ4v) is 2.30. The molecule has 142 valence electrons. The summed E-state index contributed by atoms with van der Waals surface area (Å²) in [5.74, 6) is 0.421. The molecule has 1 atom stereocenters. The van der Waals surface area contributed by atoms with Gasteiger partial charge in [0.25, 0.3) is 0 Å². The Morgan fingerprint density at radius 1 is 1.33 bits per heavy atom. The van der Waals surface area contributed by atoms with Crippen LogP contribution in [0.5, 0.6) is 0 Å².